The topological polar surface area (TPSA) is 52.7 Å². The number of halogens is 2. The summed E-state index contributed by atoms with van der Waals surface area (Å²) in [5, 5.41) is 3.83. The third kappa shape index (κ3) is 5.78. The summed E-state index contributed by atoms with van der Waals surface area (Å²) < 4.78 is 0. The second kappa shape index (κ2) is 10.4. The van der Waals surface area contributed by atoms with Crippen molar-refractivity contribution in [1.29, 1.82) is 0 Å². The number of benzene rings is 1. The molecular weight excluding hydrogens is 393 g/mol. The van der Waals surface area contributed by atoms with Crippen LogP contribution in [0.3, 0.4) is 0 Å². The largest absolute Gasteiger partial charge is 0.340 e. The molecule has 2 amide bonds. The van der Waals surface area contributed by atoms with Crippen molar-refractivity contribution in [1.82, 2.24) is 15.1 Å². The Kier molecular flexibility index (Phi) is 8.54. The van der Waals surface area contributed by atoms with Crippen LogP contribution in [0.5, 0.6) is 0 Å². The first-order valence-electron chi connectivity index (χ1n) is 8.73. The minimum Gasteiger partial charge on any atom is -0.340 e. The van der Waals surface area contributed by atoms with Crippen LogP contribution in [0.1, 0.15) is 18.4 Å². The van der Waals surface area contributed by atoms with Crippen molar-refractivity contribution in [3.63, 3.8) is 0 Å². The van der Waals surface area contributed by atoms with Gasteiger partial charge in [-0.3, -0.25) is 9.59 Å². The lowest BCUT2D eigenvalue weighted by Gasteiger charge is -2.41. The number of carbonyl (C=O) groups is 2. The summed E-state index contributed by atoms with van der Waals surface area (Å²) in [6.45, 7) is 3.47. The van der Waals surface area contributed by atoms with Gasteiger partial charge in [0.1, 0.15) is 0 Å². The molecule has 5 nitrogen and oxygen atoms in total. The summed E-state index contributed by atoms with van der Waals surface area (Å²) in [6.07, 6.45) is 1.96. The highest BCUT2D eigenvalue weighted by atomic mass is 35.5. The van der Waals surface area contributed by atoms with Gasteiger partial charge < -0.3 is 15.1 Å². The van der Waals surface area contributed by atoms with Crippen molar-refractivity contribution >= 4 is 47.6 Å². The zero-order valence-electron chi connectivity index (χ0n) is 14.7. The van der Waals surface area contributed by atoms with Gasteiger partial charge in [-0.1, -0.05) is 23.7 Å². The average Bonchev–Trinajstić information content (AvgIpc) is 2.62. The maximum Gasteiger partial charge on any atom is 0.236 e. The summed E-state index contributed by atoms with van der Waals surface area (Å²) >= 11 is 7.60. The lowest BCUT2D eigenvalue weighted by atomic mass is 10.0. The number of carbonyl (C=O) groups excluding carboxylic acids is 2. The van der Waals surface area contributed by atoms with Crippen molar-refractivity contribution < 1.29 is 9.59 Å². The van der Waals surface area contributed by atoms with E-state index < -0.39 is 0 Å². The lowest BCUT2D eigenvalue weighted by Crippen LogP contribution is -2.57. The number of hydrogen-bond donors (Lipinski definition) is 1. The monoisotopic (exact) mass is 417 g/mol. The van der Waals surface area contributed by atoms with Crippen LogP contribution in [0.4, 0.5) is 0 Å². The van der Waals surface area contributed by atoms with Gasteiger partial charge in [0.05, 0.1) is 12.3 Å². The molecule has 8 heteroatoms. The van der Waals surface area contributed by atoms with E-state index in [-0.39, 0.29) is 30.3 Å². The molecular formula is C18H25Cl2N3O2S. The van der Waals surface area contributed by atoms with Gasteiger partial charge in [-0.15, -0.1) is 24.2 Å². The molecule has 3 rings (SSSR count). The van der Waals surface area contributed by atoms with Crippen molar-refractivity contribution in [2.75, 3.05) is 38.5 Å². The number of piperazine rings is 1. The lowest BCUT2D eigenvalue weighted by molar-refractivity contribution is -0.139. The van der Waals surface area contributed by atoms with Crippen LogP contribution in [0.15, 0.2) is 24.3 Å². The molecule has 2 heterocycles. The molecule has 2 saturated heterocycles. The van der Waals surface area contributed by atoms with E-state index in [1.54, 1.807) is 11.8 Å². The molecule has 0 radical (unpaired) electrons. The Balaban J connectivity index is 0.00000243. The molecule has 1 atom stereocenters. The van der Waals surface area contributed by atoms with Crippen molar-refractivity contribution in [3.8, 4) is 0 Å². The SMILES string of the molecule is Cl.O=C(CSCc1cccc(Cl)c1)N1CCCC(N2CCNCC2=O)C1. The van der Waals surface area contributed by atoms with Crippen LogP contribution in [0.2, 0.25) is 5.02 Å². The summed E-state index contributed by atoms with van der Waals surface area (Å²) in [4.78, 5) is 28.5. The minimum absolute atomic E-state index is 0. The van der Waals surface area contributed by atoms with Gasteiger partial charge in [0.15, 0.2) is 0 Å². The molecule has 1 N–H and O–H groups in total. The predicted octanol–water partition coefficient (Wildman–Crippen LogP) is 2.42. The number of rotatable bonds is 5. The molecule has 2 aliphatic rings. The highest BCUT2D eigenvalue weighted by Gasteiger charge is 2.31. The Morgan fingerprint density at radius 1 is 1.35 bits per heavy atom. The van der Waals surface area contributed by atoms with Crippen LogP contribution in [-0.4, -0.2) is 66.1 Å². The summed E-state index contributed by atoms with van der Waals surface area (Å²) in [6, 6.07) is 7.92. The Morgan fingerprint density at radius 3 is 2.96 bits per heavy atom. The summed E-state index contributed by atoms with van der Waals surface area (Å²) in [7, 11) is 0. The van der Waals surface area contributed by atoms with Gasteiger partial charge in [-0.2, -0.15) is 0 Å². The number of nitrogens with one attached hydrogen (secondary N) is 1. The molecule has 0 bridgehead atoms. The molecule has 2 fully saturated rings. The fraction of sp³-hybridized carbons (Fsp3) is 0.556. The molecule has 1 aromatic carbocycles. The van der Waals surface area contributed by atoms with Crippen LogP contribution >= 0.6 is 35.8 Å². The van der Waals surface area contributed by atoms with E-state index in [2.05, 4.69) is 5.32 Å². The summed E-state index contributed by atoms with van der Waals surface area (Å²) in [5.74, 6) is 1.56. The smallest absolute Gasteiger partial charge is 0.236 e. The number of nitrogens with zero attached hydrogens (tertiary/aromatic N) is 2. The highest BCUT2D eigenvalue weighted by molar-refractivity contribution is 7.99. The predicted molar refractivity (Wildman–Crippen MR) is 109 cm³/mol. The number of hydrogen-bond acceptors (Lipinski definition) is 4. The van der Waals surface area contributed by atoms with Gasteiger partial charge >= 0.3 is 0 Å². The zero-order chi connectivity index (χ0) is 17.6. The Hall–Kier alpha value is -0.950. The third-order valence-electron chi connectivity index (χ3n) is 4.70. The number of likely N-dealkylation sites (tertiary alicyclic amines) is 1. The van der Waals surface area contributed by atoms with Gasteiger partial charge in [-0.25, -0.2) is 0 Å². The van der Waals surface area contributed by atoms with Crippen LogP contribution in [-0.2, 0) is 15.3 Å². The Labute approximate surface area is 170 Å². The fourth-order valence-corrected chi connectivity index (χ4v) is 4.50. The Morgan fingerprint density at radius 2 is 2.19 bits per heavy atom. The van der Waals surface area contributed by atoms with Gasteiger partial charge in [0.25, 0.3) is 0 Å². The van der Waals surface area contributed by atoms with Gasteiger partial charge in [0.2, 0.25) is 11.8 Å². The molecule has 1 aromatic rings. The maximum atomic E-state index is 12.5. The fourth-order valence-electron chi connectivity index (χ4n) is 3.42. The van der Waals surface area contributed by atoms with E-state index in [4.69, 9.17) is 11.6 Å². The zero-order valence-corrected chi connectivity index (χ0v) is 17.0. The van der Waals surface area contributed by atoms with Gasteiger partial charge in [-0.05, 0) is 30.5 Å². The number of piperidine rings is 1. The minimum atomic E-state index is 0. The van der Waals surface area contributed by atoms with E-state index in [0.717, 1.165) is 48.8 Å². The van der Waals surface area contributed by atoms with Crippen LogP contribution in [0.25, 0.3) is 0 Å². The molecule has 0 aliphatic carbocycles. The third-order valence-corrected chi connectivity index (χ3v) is 5.92. The van der Waals surface area contributed by atoms with Gasteiger partial charge in [0, 0.05) is 43.0 Å². The quantitative estimate of drug-likeness (QED) is 0.798. The average molecular weight is 418 g/mol. The first-order valence-corrected chi connectivity index (χ1v) is 10.3. The first-order chi connectivity index (χ1) is 12.1. The molecule has 1 unspecified atom stereocenters. The van der Waals surface area contributed by atoms with Crippen LogP contribution < -0.4 is 5.32 Å². The second-order valence-corrected chi connectivity index (χ2v) is 7.94. The van der Waals surface area contributed by atoms with Crippen molar-refractivity contribution in [2.24, 2.45) is 0 Å². The summed E-state index contributed by atoms with van der Waals surface area (Å²) in [5.41, 5.74) is 1.13. The molecule has 144 valence electrons. The maximum absolute atomic E-state index is 12.5. The van der Waals surface area contributed by atoms with Crippen molar-refractivity contribution in [2.45, 2.75) is 24.6 Å². The van der Waals surface area contributed by atoms with E-state index in [1.165, 1.54) is 0 Å². The molecule has 0 saturated carbocycles. The standard InChI is InChI=1S/C18H24ClN3O2S.ClH/c19-15-4-1-3-14(9-15)12-25-13-18(24)21-7-2-5-16(11-21)22-8-6-20-10-17(22)23;/h1,3-4,9,16,20H,2,5-8,10-13H2;1H. The number of amides is 2. The normalized spacial score (nSPS) is 20.7. The van der Waals surface area contributed by atoms with Crippen LogP contribution in [0, 0.1) is 0 Å². The van der Waals surface area contributed by atoms with Crippen molar-refractivity contribution in [3.05, 3.63) is 34.9 Å². The molecule has 2 aliphatic heterocycles. The Bertz CT molecular complexity index is 632. The van der Waals surface area contributed by atoms with E-state index >= 15 is 0 Å². The highest BCUT2D eigenvalue weighted by Crippen LogP contribution is 2.20. The van der Waals surface area contributed by atoms with E-state index in [9.17, 15) is 9.59 Å². The second-order valence-electron chi connectivity index (χ2n) is 6.52. The first kappa shape index (κ1) is 21.4. The molecule has 0 aromatic heterocycles. The van der Waals surface area contributed by atoms with E-state index in [0.29, 0.717) is 18.8 Å². The number of thioether (sulfide) groups is 1. The molecule has 0 spiro atoms. The molecule has 26 heavy (non-hydrogen) atoms. The van der Waals surface area contributed by atoms with E-state index in [1.807, 2.05) is 34.1 Å².